The van der Waals surface area contributed by atoms with E-state index in [9.17, 15) is 4.79 Å². The second kappa shape index (κ2) is 3.64. The topological polar surface area (TPSA) is 65.6 Å². The zero-order valence-electron chi connectivity index (χ0n) is 8.58. The Bertz CT molecular complexity index is 484. The summed E-state index contributed by atoms with van der Waals surface area (Å²) >= 11 is 0. The first-order chi connectivity index (χ1) is 7.16. The number of aromatic nitrogens is 5. The van der Waals surface area contributed by atoms with Crippen LogP contribution in [-0.4, -0.2) is 30.3 Å². The lowest BCUT2D eigenvalue weighted by atomic mass is 10.2. The molecule has 0 aliphatic rings. The van der Waals surface area contributed by atoms with E-state index in [0.29, 0.717) is 5.69 Å². The molecule has 15 heavy (non-hydrogen) atoms. The first-order valence-corrected chi connectivity index (χ1v) is 4.52. The number of imidazole rings is 1. The molecule has 0 aromatic carbocycles. The molecular formula is C9H11N5O. The molecule has 0 radical (unpaired) electrons. The second-order valence-electron chi connectivity index (χ2n) is 3.27. The third kappa shape index (κ3) is 1.93. The lowest BCUT2D eigenvalue weighted by molar-refractivity contribution is 0.0984. The van der Waals surface area contributed by atoms with Crippen molar-refractivity contribution in [1.29, 1.82) is 0 Å². The van der Waals surface area contributed by atoms with Crippen molar-refractivity contribution in [3.8, 4) is 0 Å². The highest BCUT2D eigenvalue weighted by molar-refractivity contribution is 5.94. The van der Waals surface area contributed by atoms with E-state index < -0.39 is 0 Å². The zero-order chi connectivity index (χ0) is 10.8. The smallest absolute Gasteiger partial charge is 0.192 e. The molecule has 0 spiro atoms. The van der Waals surface area contributed by atoms with E-state index in [0.717, 1.165) is 5.82 Å². The largest absolute Gasteiger partial charge is 0.338 e. The van der Waals surface area contributed by atoms with Crippen LogP contribution in [0.4, 0.5) is 0 Å². The number of carbonyl (C=O) groups is 1. The van der Waals surface area contributed by atoms with Gasteiger partial charge in [-0.2, -0.15) is 15.0 Å². The Morgan fingerprint density at radius 3 is 2.80 bits per heavy atom. The van der Waals surface area contributed by atoms with Crippen molar-refractivity contribution in [3.63, 3.8) is 0 Å². The van der Waals surface area contributed by atoms with Crippen LogP contribution >= 0.6 is 0 Å². The zero-order valence-corrected chi connectivity index (χ0v) is 8.58. The van der Waals surface area contributed by atoms with Gasteiger partial charge in [-0.15, -0.1) is 0 Å². The third-order valence-electron chi connectivity index (χ3n) is 2.12. The van der Waals surface area contributed by atoms with E-state index in [2.05, 4.69) is 15.2 Å². The highest BCUT2D eigenvalue weighted by Crippen LogP contribution is 2.01. The molecule has 2 aromatic heterocycles. The average molecular weight is 205 g/mol. The van der Waals surface area contributed by atoms with E-state index >= 15 is 0 Å². The molecule has 0 fully saturated rings. The van der Waals surface area contributed by atoms with Crippen LogP contribution in [0.1, 0.15) is 16.3 Å². The van der Waals surface area contributed by atoms with Crippen molar-refractivity contribution >= 4 is 5.78 Å². The Kier molecular flexibility index (Phi) is 2.32. The lowest BCUT2D eigenvalue weighted by Crippen LogP contribution is -2.09. The van der Waals surface area contributed by atoms with Gasteiger partial charge < -0.3 is 4.57 Å². The Morgan fingerprint density at radius 2 is 2.27 bits per heavy atom. The minimum atomic E-state index is -0.0719. The molecule has 2 heterocycles. The molecule has 78 valence electrons. The monoisotopic (exact) mass is 205 g/mol. The maximum absolute atomic E-state index is 11.7. The molecule has 2 aromatic rings. The first kappa shape index (κ1) is 9.57. The summed E-state index contributed by atoms with van der Waals surface area (Å²) < 4.78 is 1.81. The molecule has 0 unspecified atom stereocenters. The van der Waals surface area contributed by atoms with E-state index in [-0.39, 0.29) is 12.2 Å². The summed E-state index contributed by atoms with van der Waals surface area (Å²) in [6.07, 6.45) is 5.19. The van der Waals surface area contributed by atoms with Gasteiger partial charge >= 0.3 is 0 Å². The molecule has 0 saturated heterocycles. The quantitative estimate of drug-likeness (QED) is 0.660. The maximum Gasteiger partial charge on any atom is 0.192 e. The third-order valence-corrected chi connectivity index (χ3v) is 2.12. The number of rotatable bonds is 3. The fourth-order valence-corrected chi connectivity index (χ4v) is 1.27. The molecule has 0 aliphatic heterocycles. The van der Waals surface area contributed by atoms with Gasteiger partial charge in [0.15, 0.2) is 5.78 Å². The minimum Gasteiger partial charge on any atom is -0.338 e. The van der Waals surface area contributed by atoms with E-state index in [1.165, 1.54) is 11.0 Å². The number of hydrogen-bond donors (Lipinski definition) is 0. The second-order valence-corrected chi connectivity index (χ2v) is 3.27. The van der Waals surface area contributed by atoms with Gasteiger partial charge in [0.1, 0.15) is 11.5 Å². The van der Waals surface area contributed by atoms with Crippen molar-refractivity contribution < 1.29 is 4.79 Å². The standard InChI is InChI=1S/C9H11N5O/c1-13-4-3-10-9(13)5-8(15)7-6-11-14(2)12-7/h3-4,6H,5H2,1-2H3. The predicted molar refractivity (Wildman–Crippen MR) is 52.2 cm³/mol. The molecule has 0 aliphatic carbocycles. The van der Waals surface area contributed by atoms with Gasteiger partial charge in [0.05, 0.1) is 12.6 Å². The summed E-state index contributed by atoms with van der Waals surface area (Å²) in [5, 5.41) is 7.79. The summed E-state index contributed by atoms with van der Waals surface area (Å²) in [6.45, 7) is 0. The van der Waals surface area contributed by atoms with Gasteiger partial charge in [-0.05, 0) is 0 Å². The van der Waals surface area contributed by atoms with Crippen molar-refractivity contribution in [2.24, 2.45) is 14.1 Å². The van der Waals surface area contributed by atoms with Crippen molar-refractivity contribution in [1.82, 2.24) is 24.5 Å². The fourth-order valence-electron chi connectivity index (χ4n) is 1.27. The molecule has 0 amide bonds. The van der Waals surface area contributed by atoms with Gasteiger partial charge in [-0.3, -0.25) is 4.79 Å². The summed E-state index contributed by atoms with van der Waals surface area (Å²) in [4.78, 5) is 17.2. The molecule has 6 heteroatoms. The number of hydrogen-bond acceptors (Lipinski definition) is 4. The van der Waals surface area contributed by atoms with Crippen molar-refractivity contribution in [2.45, 2.75) is 6.42 Å². The van der Waals surface area contributed by atoms with Crippen LogP contribution in [-0.2, 0) is 20.5 Å². The van der Waals surface area contributed by atoms with Gasteiger partial charge in [0.2, 0.25) is 0 Å². The highest BCUT2D eigenvalue weighted by atomic mass is 16.1. The van der Waals surface area contributed by atoms with E-state index in [4.69, 9.17) is 0 Å². The number of carbonyl (C=O) groups excluding carboxylic acids is 1. The maximum atomic E-state index is 11.7. The van der Waals surface area contributed by atoms with E-state index in [1.807, 2.05) is 11.6 Å². The summed E-state index contributed by atoms with van der Waals surface area (Å²) in [5.74, 6) is 0.656. The van der Waals surface area contributed by atoms with Crippen LogP contribution in [0.2, 0.25) is 0 Å². The lowest BCUT2D eigenvalue weighted by Gasteiger charge is -1.98. The predicted octanol–water partition coefficient (Wildman–Crippen LogP) is -0.0260. The van der Waals surface area contributed by atoms with Crippen molar-refractivity contribution in [3.05, 3.63) is 30.1 Å². The Balaban J connectivity index is 2.14. The summed E-state index contributed by atoms with van der Waals surface area (Å²) in [7, 11) is 3.53. The Hall–Kier alpha value is -1.98. The van der Waals surface area contributed by atoms with Gasteiger partial charge in [-0.25, -0.2) is 4.98 Å². The molecule has 0 N–H and O–H groups in total. The minimum absolute atomic E-state index is 0.0719. The molecule has 2 rings (SSSR count). The van der Waals surface area contributed by atoms with Crippen LogP contribution in [0.25, 0.3) is 0 Å². The van der Waals surface area contributed by atoms with Crippen LogP contribution in [0.5, 0.6) is 0 Å². The van der Waals surface area contributed by atoms with Gasteiger partial charge in [0.25, 0.3) is 0 Å². The fraction of sp³-hybridized carbons (Fsp3) is 0.333. The molecule has 0 atom stereocenters. The highest BCUT2D eigenvalue weighted by Gasteiger charge is 2.12. The molecule has 6 nitrogen and oxygen atoms in total. The summed E-state index contributed by atoms with van der Waals surface area (Å²) in [6, 6.07) is 0. The normalized spacial score (nSPS) is 10.5. The van der Waals surface area contributed by atoms with Crippen LogP contribution in [0, 0.1) is 0 Å². The van der Waals surface area contributed by atoms with Crippen LogP contribution in [0.15, 0.2) is 18.6 Å². The van der Waals surface area contributed by atoms with Gasteiger partial charge in [0, 0.05) is 26.5 Å². The SMILES string of the molecule is Cn1ncc(C(=O)Cc2nccn2C)n1. The number of ketones is 1. The first-order valence-electron chi connectivity index (χ1n) is 4.52. The summed E-state index contributed by atoms with van der Waals surface area (Å²) in [5.41, 5.74) is 0.375. The van der Waals surface area contributed by atoms with Crippen molar-refractivity contribution in [2.75, 3.05) is 0 Å². The van der Waals surface area contributed by atoms with Gasteiger partial charge in [-0.1, -0.05) is 0 Å². The molecular weight excluding hydrogens is 194 g/mol. The number of nitrogens with zero attached hydrogens (tertiary/aromatic N) is 5. The number of aryl methyl sites for hydroxylation is 2. The van der Waals surface area contributed by atoms with Crippen LogP contribution in [0.3, 0.4) is 0 Å². The molecule has 0 saturated carbocycles. The van der Waals surface area contributed by atoms with E-state index in [1.54, 1.807) is 19.4 Å². The average Bonchev–Trinajstić information content (AvgIpc) is 2.77. The molecule has 0 bridgehead atoms. The van der Waals surface area contributed by atoms with Crippen LogP contribution < -0.4 is 0 Å². The Morgan fingerprint density at radius 1 is 1.47 bits per heavy atom. The number of Topliss-reactive ketones (excluding diaryl/α,β-unsaturated/α-hetero) is 1. The Labute approximate surface area is 86.5 Å².